The number of thioether (sulfide) groups is 2. The molecule has 2 rings (SSSR count). The van der Waals surface area contributed by atoms with Gasteiger partial charge in [0.2, 0.25) is 0 Å². The third kappa shape index (κ3) is 4.86. The summed E-state index contributed by atoms with van der Waals surface area (Å²) in [5.41, 5.74) is -0.912. The third-order valence-electron chi connectivity index (χ3n) is 3.71. The fraction of sp³-hybridized carbons (Fsp3) is 0.750. The molecule has 2 aliphatic heterocycles. The van der Waals surface area contributed by atoms with E-state index in [9.17, 15) is 4.79 Å². The number of carbonyl (C=O) groups excluding carboxylic acids is 1. The number of amides is 1. The van der Waals surface area contributed by atoms with E-state index in [1.165, 1.54) is 0 Å². The number of halogens is 2. The highest BCUT2D eigenvalue weighted by atomic mass is 79.9. The molecule has 2 unspecified atom stereocenters. The fourth-order valence-corrected chi connectivity index (χ4v) is 6.42. The number of nitrogens with zero attached hydrogens (tertiary/aromatic N) is 1. The summed E-state index contributed by atoms with van der Waals surface area (Å²) in [6, 6.07) is 0. The second-order valence-corrected chi connectivity index (χ2v) is 12.4. The van der Waals surface area contributed by atoms with Gasteiger partial charge >= 0.3 is 6.09 Å². The maximum Gasteiger partial charge on any atom is 0.413 e. The molecule has 136 valence electrons. The van der Waals surface area contributed by atoms with Gasteiger partial charge in [0.25, 0.3) is 0 Å². The van der Waals surface area contributed by atoms with Gasteiger partial charge < -0.3 is 4.74 Å². The van der Waals surface area contributed by atoms with Gasteiger partial charge in [-0.25, -0.2) is 4.79 Å². The Labute approximate surface area is 166 Å². The van der Waals surface area contributed by atoms with Crippen LogP contribution in [0.2, 0.25) is 0 Å². The molecule has 0 bridgehead atoms. The highest BCUT2D eigenvalue weighted by Gasteiger charge is 2.47. The molecule has 0 saturated carbocycles. The van der Waals surface area contributed by atoms with Crippen molar-refractivity contribution in [2.24, 2.45) is 4.99 Å². The Morgan fingerprint density at radius 1 is 1.46 bits per heavy atom. The van der Waals surface area contributed by atoms with Gasteiger partial charge in [-0.05, 0) is 63.5 Å². The van der Waals surface area contributed by atoms with E-state index in [0.717, 1.165) is 9.57 Å². The summed E-state index contributed by atoms with van der Waals surface area (Å²) in [4.78, 5) is 17.1. The predicted octanol–water partition coefficient (Wildman–Crippen LogP) is 5.15. The molecule has 0 saturated heterocycles. The molecular weight excluding hydrogens is 432 g/mol. The Hall–Kier alpha value is 0.150. The first kappa shape index (κ1) is 20.5. The van der Waals surface area contributed by atoms with Gasteiger partial charge in [0.1, 0.15) is 11.4 Å². The molecule has 0 aromatic heterocycles. The zero-order valence-electron chi connectivity index (χ0n) is 14.8. The van der Waals surface area contributed by atoms with Crippen LogP contribution >= 0.6 is 51.1 Å². The number of aliphatic imine (C=N–C) groups is 1. The van der Waals surface area contributed by atoms with Crippen LogP contribution in [0, 0.1) is 0 Å². The number of hydrogen-bond donors (Lipinski definition) is 1. The molecule has 8 heteroatoms. The lowest BCUT2D eigenvalue weighted by Gasteiger charge is -2.42. The van der Waals surface area contributed by atoms with Gasteiger partial charge in [-0.3, -0.25) is 10.3 Å². The van der Waals surface area contributed by atoms with Crippen molar-refractivity contribution in [3.05, 3.63) is 9.89 Å². The maximum atomic E-state index is 12.2. The quantitative estimate of drug-likeness (QED) is 0.555. The first-order chi connectivity index (χ1) is 10.8. The standard InChI is InChI=1S/C16H24BrClN2O2S2/c1-14(2,3)22-13(21)19-12-15(4,5)23-8-16(6,20-12)11-9(18)7-10(17)24-11/h7,9,11H,8H2,1-6H3,(H,19,20,21)/t9?,11?,16-/m0/s1. The first-order valence-electron chi connectivity index (χ1n) is 7.75. The van der Waals surface area contributed by atoms with Crippen molar-refractivity contribution in [3.63, 3.8) is 0 Å². The number of alkyl halides is 1. The minimum absolute atomic E-state index is 0.0947. The molecule has 0 aromatic carbocycles. The summed E-state index contributed by atoms with van der Waals surface area (Å²) in [5.74, 6) is 1.48. The predicted molar refractivity (Wildman–Crippen MR) is 110 cm³/mol. The van der Waals surface area contributed by atoms with E-state index in [1.54, 1.807) is 23.5 Å². The highest BCUT2D eigenvalue weighted by molar-refractivity contribution is 9.14. The average molecular weight is 456 g/mol. The Kier molecular flexibility index (Phi) is 6.01. The van der Waals surface area contributed by atoms with E-state index >= 15 is 0 Å². The van der Waals surface area contributed by atoms with Crippen LogP contribution < -0.4 is 5.32 Å². The molecule has 0 aromatic rings. The molecular formula is C16H24BrClN2O2S2. The van der Waals surface area contributed by atoms with E-state index in [2.05, 4.69) is 42.0 Å². The van der Waals surface area contributed by atoms with Crippen LogP contribution in [-0.4, -0.2) is 44.2 Å². The Morgan fingerprint density at radius 3 is 2.58 bits per heavy atom. The lowest BCUT2D eigenvalue weighted by atomic mass is 9.96. The van der Waals surface area contributed by atoms with Gasteiger partial charge in [-0.15, -0.1) is 35.1 Å². The number of hydrogen-bond acceptors (Lipinski definition) is 5. The van der Waals surface area contributed by atoms with Crippen molar-refractivity contribution in [1.29, 1.82) is 0 Å². The molecule has 24 heavy (non-hydrogen) atoms. The summed E-state index contributed by atoms with van der Waals surface area (Å²) in [6.07, 6.45) is 1.53. The van der Waals surface area contributed by atoms with Crippen LogP contribution in [0.1, 0.15) is 41.5 Å². The fourth-order valence-electron chi connectivity index (χ4n) is 2.45. The van der Waals surface area contributed by atoms with Gasteiger partial charge in [0.15, 0.2) is 0 Å². The minimum Gasteiger partial charge on any atom is -0.444 e. The van der Waals surface area contributed by atoms with Crippen LogP contribution in [0.5, 0.6) is 0 Å². The Balaban J connectivity index is 2.23. The molecule has 1 amide bonds. The van der Waals surface area contributed by atoms with E-state index < -0.39 is 11.7 Å². The van der Waals surface area contributed by atoms with E-state index in [1.807, 2.05) is 26.8 Å². The lowest BCUT2D eigenvalue weighted by Crippen LogP contribution is -2.54. The monoisotopic (exact) mass is 454 g/mol. The third-order valence-corrected chi connectivity index (χ3v) is 8.13. The van der Waals surface area contributed by atoms with Gasteiger partial charge in [0, 0.05) is 9.57 Å². The van der Waals surface area contributed by atoms with Gasteiger partial charge in [0.05, 0.1) is 20.9 Å². The SMILES string of the molecule is CC(C)(C)OC(=O)NC1=N[C@](C)(C2SC(Br)=CC2Cl)CSC1(C)C. The molecule has 0 radical (unpaired) electrons. The van der Waals surface area contributed by atoms with Crippen LogP contribution in [0.4, 0.5) is 4.79 Å². The van der Waals surface area contributed by atoms with Gasteiger partial charge in [-0.2, -0.15) is 0 Å². The largest absolute Gasteiger partial charge is 0.444 e. The summed E-state index contributed by atoms with van der Waals surface area (Å²) in [5, 5.41) is 2.88. The van der Waals surface area contributed by atoms with E-state index in [-0.39, 0.29) is 20.9 Å². The zero-order valence-corrected chi connectivity index (χ0v) is 18.8. The smallest absolute Gasteiger partial charge is 0.413 e. The minimum atomic E-state index is -0.544. The topological polar surface area (TPSA) is 50.7 Å². The number of allylic oxidation sites excluding steroid dienone is 1. The Morgan fingerprint density at radius 2 is 2.08 bits per heavy atom. The number of amidine groups is 1. The number of alkyl carbamates (subject to hydrolysis) is 1. The number of carbonyl (C=O) groups is 1. The van der Waals surface area contributed by atoms with Crippen LogP contribution in [-0.2, 0) is 4.74 Å². The van der Waals surface area contributed by atoms with Crippen molar-refractivity contribution in [1.82, 2.24) is 5.32 Å². The van der Waals surface area contributed by atoms with Crippen molar-refractivity contribution in [2.75, 3.05) is 5.75 Å². The molecule has 0 fully saturated rings. The zero-order chi connectivity index (χ0) is 18.3. The van der Waals surface area contributed by atoms with Crippen molar-refractivity contribution < 1.29 is 9.53 Å². The van der Waals surface area contributed by atoms with Crippen molar-refractivity contribution in [2.45, 2.75) is 68.1 Å². The maximum absolute atomic E-state index is 12.2. The second-order valence-electron chi connectivity index (χ2n) is 7.70. The normalized spacial score (nSPS) is 32.8. The molecule has 2 aliphatic rings. The molecule has 1 N–H and O–H groups in total. The van der Waals surface area contributed by atoms with E-state index in [0.29, 0.717) is 5.84 Å². The van der Waals surface area contributed by atoms with E-state index in [4.69, 9.17) is 21.3 Å². The van der Waals surface area contributed by atoms with Crippen LogP contribution in [0.25, 0.3) is 0 Å². The molecule has 2 heterocycles. The first-order valence-corrected chi connectivity index (χ1v) is 10.8. The van der Waals surface area contributed by atoms with Crippen molar-refractivity contribution >= 4 is 63.0 Å². The summed E-state index contributed by atoms with van der Waals surface area (Å²) < 4.78 is 6.13. The van der Waals surface area contributed by atoms with Gasteiger partial charge in [-0.1, -0.05) is 0 Å². The molecule has 0 aliphatic carbocycles. The average Bonchev–Trinajstić information content (AvgIpc) is 2.72. The number of nitrogens with one attached hydrogen (secondary N) is 1. The number of ether oxygens (including phenoxy) is 1. The molecule has 0 spiro atoms. The second kappa shape index (κ2) is 7.05. The Bertz CT molecular complexity index is 589. The van der Waals surface area contributed by atoms with Crippen LogP contribution in [0.3, 0.4) is 0 Å². The van der Waals surface area contributed by atoms with Crippen molar-refractivity contribution in [3.8, 4) is 0 Å². The lowest BCUT2D eigenvalue weighted by molar-refractivity contribution is 0.0561. The highest BCUT2D eigenvalue weighted by Crippen LogP contribution is 2.49. The molecule has 4 nitrogen and oxygen atoms in total. The summed E-state index contributed by atoms with van der Waals surface area (Å²) in [7, 11) is 0. The van der Waals surface area contributed by atoms with Crippen LogP contribution in [0.15, 0.2) is 14.9 Å². The number of rotatable bonds is 1. The summed E-state index contributed by atoms with van der Waals surface area (Å²) >= 11 is 13.5. The molecule has 3 atom stereocenters. The summed E-state index contributed by atoms with van der Waals surface area (Å²) in [6.45, 7) is 11.7.